The Hall–Kier alpha value is -6.02. The molecule has 2 heterocycles. The van der Waals surface area contributed by atoms with Gasteiger partial charge in [-0.1, -0.05) is 36.4 Å². The first-order chi connectivity index (χ1) is 24.2. The molecule has 240 valence electrons. The third kappa shape index (κ3) is 6.05. The van der Waals surface area contributed by atoms with Crippen LogP contribution in [0.3, 0.4) is 0 Å². The summed E-state index contributed by atoms with van der Waals surface area (Å²) in [5, 5.41) is 3.94. The maximum absolute atomic E-state index is 13.2. The van der Waals surface area contributed by atoms with E-state index in [2.05, 4.69) is 0 Å². The van der Waals surface area contributed by atoms with Crippen molar-refractivity contribution >= 4 is 98.4 Å². The first-order valence-electron chi connectivity index (χ1n) is 15.0. The molecular weight excluding hydrogens is 678 g/mol. The van der Waals surface area contributed by atoms with Crippen molar-refractivity contribution in [3.05, 3.63) is 143 Å². The quantitative estimate of drug-likeness (QED) is 0.214. The summed E-state index contributed by atoms with van der Waals surface area (Å²) in [7, 11) is 0. The first kappa shape index (κ1) is 31.3. The molecule has 0 N–H and O–H groups in total. The predicted molar refractivity (Wildman–Crippen MR) is 176 cm³/mol. The number of carbonyl (C=O) groups excluding carboxylic acids is 6. The van der Waals surface area contributed by atoms with Crippen LogP contribution in [-0.2, 0) is 22.7 Å². The third-order valence-electron chi connectivity index (χ3n) is 8.15. The molecule has 0 amide bonds. The molecule has 0 fully saturated rings. The summed E-state index contributed by atoms with van der Waals surface area (Å²) in [6.45, 7) is 0. The smallest absolute Gasteiger partial charge is 0.547 e. The van der Waals surface area contributed by atoms with Crippen molar-refractivity contribution in [1.82, 2.24) is 0 Å². The average Bonchev–Trinajstić information content (AvgIpc) is 3.12. The van der Waals surface area contributed by atoms with E-state index in [0.29, 0.717) is 21.5 Å². The summed E-state index contributed by atoms with van der Waals surface area (Å²) in [6.07, 6.45) is 0. The molecule has 50 heavy (non-hydrogen) atoms. The molecule has 0 saturated heterocycles. The van der Waals surface area contributed by atoms with Gasteiger partial charge in [-0.25, -0.2) is 28.8 Å². The second kappa shape index (κ2) is 12.5. The van der Waals surface area contributed by atoms with Crippen LogP contribution in [-0.4, -0.2) is 66.1 Å². The van der Waals surface area contributed by atoms with Gasteiger partial charge in [0.25, 0.3) is 0 Å². The van der Waals surface area contributed by atoms with Crippen LogP contribution in [0, 0.1) is 0 Å². The summed E-state index contributed by atoms with van der Waals surface area (Å²) in [5.41, 5.74) is 0.791. The maximum Gasteiger partial charge on any atom is 1.20 e. The molecule has 6 aromatic carbocycles. The highest BCUT2D eigenvalue weighted by Gasteiger charge is 2.51. The molecule has 8 rings (SSSR count). The molecule has 0 unspecified atom stereocenters. The van der Waals surface area contributed by atoms with E-state index in [1.54, 1.807) is 84.9 Å². The Kier molecular flexibility index (Phi) is 7.79. The highest BCUT2D eigenvalue weighted by molar-refractivity contribution is 6.46. The summed E-state index contributed by atoms with van der Waals surface area (Å²) in [6, 6.07) is 28.3. The van der Waals surface area contributed by atoms with E-state index >= 15 is 0 Å². The van der Waals surface area contributed by atoms with Crippen LogP contribution in [0.5, 0.6) is 0 Å². The van der Waals surface area contributed by atoms with Gasteiger partial charge in [-0.3, -0.25) is 0 Å². The van der Waals surface area contributed by atoms with Gasteiger partial charge in [0.15, 0.2) is 0 Å². The Morgan fingerprint density at radius 3 is 0.980 bits per heavy atom. The second-order valence-electron chi connectivity index (χ2n) is 11.3. The van der Waals surface area contributed by atoms with Gasteiger partial charge >= 0.3 is 66.1 Å². The molecule has 14 heteroatoms. The highest BCUT2D eigenvalue weighted by Crippen LogP contribution is 2.25. The van der Waals surface area contributed by atoms with Gasteiger partial charge < -0.3 is 22.7 Å². The lowest BCUT2D eigenvalue weighted by Gasteiger charge is -2.16. The number of carbonyl (C=O) groups is 6. The molecule has 2 aliphatic rings. The minimum absolute atomic E-state index is 0.00638. The van der Waals surface area contributed by atoms with Crippen molar-refractivity contribution in [2.24, 2.45) is 0 Å². The molecular formula is C36H18Al2O12. The van der Waals surface area contributed by atoms with E-state index in [9.17, 15) is 28.8 Å². The third-order valence-corrected chi connectivity index (χ3v) is 10.6. The Morgan fingerprint density at radius 2 is 0.660 bits per heavy atom. The van der Waals surface area contributed by atoms with Crippen molar-refractivity contribution < 1.29 is 51.5 Å². The molecule has 12 nitrogen and oxygen atoms in total. The normalized spacial score (nSPS) is 14.1. The van der Waals surface area contributed by atoms with Gasteiger partial charge in [0.2, 0.25) is 0 Å². The van der Waals surface area contributed by atoms with Crippen LogP contribution in [0.2, 0.25) is 0 Å². The van der Waals surface area contributed by atoms with Crippen LogP contribution in [0.4, 0.5) is 0 Å². The summed E-state index contributed by atoms with van der Waals surface area (Å²) in [5.74, 6) is -5.14. The number of benzene rings is 6. The van der Waals surface area contributed by atoms with E-state index in [1.165, 1.54) is 24.3 Å². The lowest BCUT2D eigenvalue weighted by atomic mass is 10.0. The zero-order valence-corrected chi connectivity index (χ0v) is 27.8. The number of hydrogen-bond acceptors (Lipinski definition) is 12. The molecule has 0 radical (unpaired) electrons. The van der Waals surface area contributed by atoms with Gasteiger partial charge in [-0.15, -0.1) is 0 Å². The fourth-order valence-electron chi connectivity index (χ4n) is 5.58. The minimum Gasteiger partial charge on any atom is -0.547 e. The van der Waals surface area contributed by atoms with E-state index in [0.717, 1.165) is 10.8 Å². The van der Waals surface area contributed by atoms with Gasteiger partial charge in [-0.05, 0) is 105 Å². The fourth-order valence-corrected chi connectivity index (χ4v) is 7.73. The van der Waals surface area contributed by atoms with Gasteiger partial charge in [0.05, 0.1) is 33.4 Å². The Bertz CT molecular complexity index is 2220. The lowest BCUT2D eigenvalue weighted by Crippen LogP contribution is -2.35. The second-order valence-corrected chi connectivity index (χ2v) is 13.9. The van der Waals surface area contributed by atoms with Crippen molar-refractivity contribution in [3.8, 4) is 0 Å². The van der Waals surface area contributed by atoms with Gasteiger partial charge in [0.1, 0.15) is 0 Å². The topological polar surface area (TPSA) is 158 Å². The van der Waals surface area contributed by atoms with Crippen LogP contribution < -0.4 is 0 Å². The maximum atomic E-state index is 13.2. The van der Waals surface area contributed by atoms with Crippen molar-refractivity contribution in [2.45, 2.75) is 0 Å². The van der Waals surface area contributed by atoms with Crippen LogP contribution in [0.1, 0.15) is 62.1 Å². The van der Waals surface area contributed by atoms with Crippen LogP contribution in [0.15, 0.2) is 109 Å². The van der Waals surface area contributed by atoms with Crippen molar-refractivity contribution in [1.29, 1.82) is 0 Å². The standard InChI is InChI=1S/3C12H8O4.2Al/c3*13-11(14)8-3-1-7-2-4-9(12(15)16)6-10(7)5-8;;/h3*1-6H,(H,13,14)(H,15,16);;/q;;;2*+3/p-6. The monoisotopic (exact) mass is 696 g/mol. The highest BCUT2D eigenvalue weighted by atomic mass is 27.3. The number of hydrogen-bond donors (Lipinski definition) is 0. The largest absolute Gasteiger partial charge is 1.20 e. The van der Waals surface area contributed by atoms with Gasteiger partial charge in [-0.2, -0.15) is 0 Å². The van der Waals surface area contributed by atoms with E-state index in [4.69, 9.17) is 22.7 Å². The molecule has 0 aromatic heterocycles. The zero-order valence-electron chi connectivity index (χ0n) is 25.4. The molecule has 6 aromatic rings. The molecule has 0 atom stereocenters. The van der Waals surface area contributed by atoms with Crippen LogP contribution in [0.25, 0.3) is 32.3 Å². The van der Waals surface area contributed by atoms with Crippen molar-refractivity contribution in [3.63, 3.8) is 0 Å². The van der Waals surface area contributed by atoms with Crippen LogP contribution >= 0.6 is 0 Å². The molecule has 0 saturated carbocycles. The summed E-state index contributed by atoms with van der Waals surface area (Å²) in [4.78, 5) is 77.8. The molecule has 2 aliphatic heterocycles. The van der Waals surface area contributed by atoms with E-state index in [-0.39, 0.29) is 33.4 Å². The molecule has 0 aliphatic carbocycles. The Morgan fingerprint density at radius 1 is 0.380 bits per heavy atom. The summed E-state index contributed by atoms with van der Waals surface area (Å²) >= 11 is -7.41. The van der Waals surface area contributed by atoms with Gasteiger partial charge in [0, 0.05) is 0 Å². The number of rotatable bonds is 4. The molecule has 0 spiro atoms. The minimum atomic E-state index is -3.71. The van der Waals surface area contributed by atoms with E-state index in [1.807, 2.05) is 0 Å². The van der Waals surface area contributed by atoms with Crippen molar-refractivity contribution in [2.75, 3.05) is 0 Å². The lowest BCUT2D eigenvalue weighted by molar-refractivity contribution is 0.0378. The first-order valence-corrected chi connectivity index (χ1v) is 17.9. The number of fused-ring (bicyclic) bond motifs is 5. The fraction of sp³-hybridized carbons (Fsp3) is 0. The summed E-state index contributed by atoms with van der Waals surface area (Å²) < 4.78 is 32.3. The average molecular weight is 696 g/mol. The Labute approximate surface area is 291 Å². The predicted octanol–water partition coefficient (Wildman–Crippen LogP) is 5.48. The molecule has 6 bridgehead atoms. The zero-order chi connectivity index (χ0) is 34.5. The Balaban J connectivity index is 1.00. The van der Waals surface area contributed by atoms with E-state index < -0.39 is 66.1 Å². The SMILES string of the molecule is O=C([O][Al]1[O]C(=O)c2ccc3ccc(cc3c2)C(=O)[O]1)c1ccc2ccc(C(=O)[O][Al]3[O]C(=O)c4ccc5ccc(cc5c4)C(=O)[O]3)cc2c1.